The molecule has 7 heteroatoms. The number of hydrogen-bond donors (Lipinski definition) is 2. The number of fused-ring (bicyclic) bond motifs is 1. The molecule has 184 valence electrons. The molecule has 4 bridgehead atoms. The van der Waals surface area contributed by atoms with E-state index in [9.17, 15) is 10.1 Å². The fraction of sp³-hybridized carbons (Fsp3) is 0.414. The van der Waals surface area contributed by atoms with Gasteiger partial charge < -0.3 is 19.8 Å². The number of aromatic nitrogens is 2. The largest absolute Gasteiger partial charge is 0.493 e. The van der Waals surface area contributed by atoms with E-state index in [2.05, 4.69) is 21.4 Å². The number of aromatic amines is 1. The zero-order chi connectivity index (χ0) is 24.7. The summed E-state index contributed by atoms with van der Waals surface area (Å²) in [6.45, 7) is -0.0459. The van der Waals surface area contributed by atoms with Crippen molar-refractivity contribution in [3.63, 3.8) is 0 Å². The molecule has 7 nitrogen and oxygen atoms in total. The van der Waals surface area contributed by atoms with Crippen LogP contribution >= 0.6 is 0 Å². The van der Waals surface area contributed by atoms with Crippen LogP contribution in [0.2, 0.25) is 0 Å². The van der Waals surface area contributed by atoms with E-state index in [0.717, 1.165) is 53.6 Å². The Morgan fingerprint density at radius 3 is 2.53 bits per heavy atom. The van der Waals surface area contributed by atoms with Gasteiger partial charge in [0.2, 0.25) is 0 Å². The standard InChI is InChI=1S/C29H30N4O3/c1-35-26-12-18(11-22(16-30)28-31-23-4-2-3-5-24(23)32-28)6-7-25(26)36-17-27(34)33-29-13-19-8-20(14-29)10-21(9-19)15-29/h2-7,11-12,19-21H,8-10,13-15,17H2,1H3,(H,31,32)(H,33,34). The highest BCUT2D eigenvalue weighted by Crippen LogP contribution is 2.55. The quantitative estimate of drug-likeness (QED) is 0.457. The third-order valence-corrected chi connectivity index (χ3v) is 8.07. The lowest BCUT2D eigenvalue weighted by Gasteiger charge is -2.56. The number of H-pyrrole nitrogens is 1. The van der Waals surface area contributed by atoms with Crippen LogP contribution in [0.15, 0.2) is 42.5 Å². The number of hydrogen-bond acceptors (Lipinski definition) is 5. The molecule has 0 saturated heterocycles. The number of allylic oxidation sites excluding steroid dienone is 1. The highest BCUT2D eigenvalue weighted by Gasteiger charge is 2.51. The third kappa shape index (κ3) is 4.32. The second-order valence-electron chi connectivity index (χ2n) is 10.7. The molecule has 2 aromatic carbocycles. The number of nitrogens with zero attached hydrogens (tertiary/aromatic N) is 2. The van der Waals surface area contributed by atoms with E-state index < -0.39 is 0 Å². The van der Waals surface area contributed by atoms with Crippen LogP contribution < -0.4 is 14.8 Å². The normalized spacial score (nSPS) is 26.6. The van der Waals surface area contributed by atoms with Crippen LogP contribution in [0.4, 0.5) is 0 Å². The molecule has 0 spiro atoms. The van der Waals surface area contributed by atoms with E-state index >= 15 is 0 Å². The summed E-state index contributed by atoms with van der Waals surface area (Å²) in [6.07, 6.45) is 9.11. The first-order chi connectivity index (χ1) is 17.5. The minimum atomic E-state index is -0.0698. The summed E-state index contributed by atoms with van der Waals surface area (Å²) >= 11 is 0. The van der Waals surface area contributed by atoms with E-state index in [1.807, 2.05) is 30.3 Å². The first kappa shape index (κ1) is 22.7. The number of para-hydroxylation sites is 2. The highest BCUT2D eigenvalue weighted by atomic mass is 16.5. The summed E-state index contributed by atoms with van der Waals surface area (Å²) in [7, 11) is 1.57. The first-order valence-corrected chi connectivity index (χ1v) is 12.7. The van der Waals surface area contributed by atoms with Crippen molar-refractivity contribution < 1.29 is 14.3 Å². The van der Waals surface area contributed by atoms with Crippen LogP contribution in [0.5, 0.6) is 11.5 Å². The molecule has 4 aliphatic rings. The SMILES string of the molecule is COc1cc(C=C(C#N)c2nc3ccccc3[nH]2)ccc1OCC(=O)NC12CC3CC(CC(C3)C1)C2. The van der Waals surface area contributed by atoms with Crippen molar-refractivity contribution >= 4 is 28.6 Å². The molecule has 7 rings (SSSR count). The Morgan fingerprint density at radius 1 is 1.14 bits per heavy atom. The minimum absolute atomic E-state index is 0.0295. The molecule has 0 unspecified atom stereocenters. The van der Waals surface area contributed by atoms with Gasteiger partial charge in [-0.25, -0.2) is 4.98 Å². The number of carbonyl (C=O) groups excluding carboxylic acids is 1. The molecule has 0 aliphatic heterocycles. The van der Waals surface area contributed by atoms with Crippen LogP contribution in [0.25, 0.3) is 22.7 Å². The maximum Gasteiger partial charge on any atom is 0.258 e. The van der Waals surface area contributed by atoms with Gasteiger partial charge in [0.15, 0.2) is 18.1 Å². The maximum absolute atomic E-state index is 12.8. The minimum Gasteiger partial charge on any atom is -0.493 e. The molecule has 4 saturated carbocycles. The molecule has 2 N–H and O–H groups in total. The first-order valence-electron chi connectivity index (χ1n) is 12.7. The molecule has 4 fully saturated rings. The van der Waals surface area contributed by atoms with Crippen LogP contribution in [0.1, 0.15) is 49.9 Å². The van der Waals surface area contributed by atoms with Gasteiger partial charge in [-0.2, -0.15) is 5.26 Å². The summed E-state index contributed by atoms with van der Waals surface area (Å²) in [4.78, 5) is 20.6. The molecule has 1 amide bonds. The summed E-state index contributed by atoms with van der Waals surface area (Å²) in [6, 6.07) is 15.3. The van der Waals surface area contributed by atoms with Gasteiger partial charge in [0, 0.05) is 5.54 Å². The van der Waals surface area contributed by atoms with Crippen molar-refractivity contribution in [2.45, 2.75) is 44.1 Å². The average Bonchev–Trinajstić information content (AvgIpc) is 3.29. The van der Waals surface area contributed by atoms with Gasteiger partial charge in [-0.15, -0.1) is 0 Å². The topological polar surface area (TPSA) is 100 Å². The number of imidazole rings is 1. The lowest BCUT2D eigenvalue weighted by atomic mass is 9.53. The van der Waals surface area contributed by atoms with Crippen molar-refractivity contribution in [1.29, 1.82) is 5.26 Å². The lowest BCUT2D eigenvalue weighted by Crippen LogP contribution is -2.60. The van der Waals surface area contributed by atoms with Gasteiger partial charge in [-0.3, -0.25) is 4.79 Å². The fourth-order valence-corrected chi connectivity index (χ4v) is 7.03. The predicted molar refractivity (Wildman–Crippen MR) is 137 cm³/mol. The predicted octanol–water partition coefficient (Wildman–Crippen LogP) is 5.10. The van der Waals surface area contributed by atoms with Crippen LogP contribution in [0.3, 0.4) is 0 Å². The Kier molecular flexibility index (Phi) is 5.67. The molecule has 4 aliphatic carbocycles. The van der Waals surface area contributed by atoms with Crippen molar-refractivity contribution in [2.24, 2.45) is 17.8 Å². The number of ether oxygens (including phenoxy) is 2. The summed E-state index contributed by atoms with van der Waals surface area (Å²) < 4.78 is 11.4. The number of nitriles is 1. The van der Waals surface area contributed by atoms with E-state index in [1.165, 1.54) is 19.3 Å². The molecule has 0 radical (unpaired) electrons. The molecule has 36 heavy (non-hydrogen) atoms. The van der Waals surface area contributed by atoms with E-state index in [1.54, 1.807) is 25.3 Å². The Balaban J connectivity index is 1.14. The summed E-state index contributed by atoms with van der Waals surface area (Å²) in [5, 5.41) is 13.1. The zero-order valence-electron chi connectivity index (χ0n) is 20.4. The van der Waals surface area contributed by atoms with Gasteiger partial charge in [0.25, 0.3) is 5.91 Å². The van der Waals surface area contributed by atoms with Gasteiger partial charge in [0.05, 0.1) is 23.7 Å². The van der Waals surface area contributed by atoms with Crippen molar-refractivity contribution in [2.75, 3.05) is 13.7 Å². The number of nitrogens with one attached hydrogen (secondary N) is 2. The summed E-state index contributed by atoms with van der Waals surface area (Å²) in [5.41, 5.74) is 2.84. The second-order valence-corrected chi connectivity index (χ2v) is 10.7. The number of carbonyl (C=O) groups is 1. The van der Waals surface area contributed by atoms with E-state index in [-0.39, 0.29) is 18.1 Å². The Hall–Kier alpha value is -3.79. The van der Waals surface area contributed by atoms with Crippen LogP contribution in [-0.4, -0.2) is 35.1 Å². The Morgan fingerprint density at radius 2 is 1.86 bits per heavy atom. The Labute approximate surface area is 210 Å². The van der Waals surface area contributed by atoms with Crippen LogP contribution in [-0.2, 0) is 4.79 Å². The third-order valence-electron chi connectivity index (χ3n) is 8.07. The van der Waals surface area contributed by atoms with Crippen molar-refractivity contribution in [3.05, 3.63) is 53.9 Å². The Bertz CT molecular complexity index is 1310. The molecule has 1 heterocycles. The van der Waals surface area contributed by atoms with Gasteiger partial charge >= 0.3 is 0 Å². The number of rotatable bonds is 7. The smallest absolute Gasteiger partial charge is 0.258 e. The average molecular weight is 483 g/mol. The van der Waals surface area contributed by atoms with E-state index in [0.29, 0.717) is 22.9 Å². The van der Waals surface area contributed by atoms with Crippen molar-refractivity contribution in [1.82, 2.24) is 15.3 Å². The number of methoxy groups -OCH3 is 1. The zero-order valence-corrected chi connectivity index (χ0v) is 20.4. The van der Waals surface area contributed by atoms with Crippen molar-refractivity contribution in [3.8, 4) is 17.6 Å². The summed E-state index contributed by atoms with van der Waals surface area (Å²) in [5.74, 6) is 3.77. The maximum atomic E-state index is 12.8. The fourth-order valence-electron chi connectivity index (χ4n) is 7.03. The lowest BCUT2D eigenvalue weighted by molar-refractivity contribution is -0.128. The van der Waals surface area contributed by atoms with E-state index in [4.69, 9.17) is 9.47 Å². The van der Waals surface area contributed by atoms with Gasteiger partial charge in [0.1, 0.15) is 11.9 Å². The van der Waals surface area contributed by atoms with Crippen LogP contribution in [0, 0.1) is 29.1 Å². The monoisotopic (exact) mass is 482 g/mol. The molecular weight excluding hydrogens is 452 g/mol. The highest BCUT2D eigenvalue weighted by molar-refractivity contribution is 5.90. The number of benzene rings is 2. The molecule has 3 aromatic rings. The van der Waals surface area contributed by atoms with Gasteiger partial charge in [-0.1, -0.05) is 18.2 Å². The molecule has 0 atom stereocenters. The molecule has 1 aromatic heterocycles. The molecular formula is C29H30N4O3. The van der Waals surface area contributed by atoms with Gasteiger partial charge in [-0.05, 0) is 92.2 Å². The number of amides is 1. The second kappa shape index (κ2) is 9.02.